The van der Waals surface area contributed by atoms with E-state index in [0.29, 0.717) is 11.3 Å². The molecule has 2 rings (SSSR count). The van der Waals surface area contributed by atoms with Gasteiger partial charge in [0.2, 0.25) is 0 Å². The van der Waals surface area contributed by atoms with Gasteiger partial charge in [0.1, 0.15) is 11.3 Å². The fourth-order valence-electron chi connectivity index (χ4n) is 2.13. The molecule has 106 valence electrons. The van der Waals surface area contributed by atoms with Crippen molar-refractivity contribution in [3.63, 3.8) is 0 Å². The zero-order chi connectivity index (χ0) is 14.7. The Morgan fingerprint density at radius 3 is 2.65 bits per heavy atom. The second-order valence-corrected chi connectivity index (χ2v) is 4.36. The number of fused-ring (bicyclic) bond motifs is 1. The summed E-state index contributed by atoms with van der Waals surface area (Å²) in [6.45, 7) is 4.79. The van der Waals surface area contributed by atoms with Gasteiger partial charge in [0.25, 0.3) is 5.69 Å². The molecule has 2 aromatic rings. The third-order valence-electron chi connectivity index (χ3n) is 3.10. The van der Waals surface area contributed by atoms with Crippen LogP contribution in [0.25, 0.3) is 10.9 Å². The van der Waals surface area contributed by atoms with Gasteiger partial charge in [0.15, 0.2) is 5.75 Å². The quantitative estimate of drug-likeness (QED) is 0.670. The van der Waals surface area contributed by atoms with E-state index < -0.39 is 4.92 Å². The van der Waals surface area contributed by atoms with Gasteiger partial charge in [-0.2, -0.15) is 0 Å². The first-order valence-corrected chi connectivity index (χ1v) is 6.50. The third kappa shape index (κ3) is 2.49. The molecule has 0 spiro atoms. The Kier molecular flexibility index (Phi) is 4.02. The van der Waals surface area contributed by atoms with Crippen LogP contribution in [0.1, 0.15) is 19.4 Å². The lowest BCUT2D eigenvalue weighted by Crippen LogP contribution is -2.04. The Hall–Kier alpha value is -2.37. The van der Waals surface area contributed by atoms with Gasteiger partial charge in [0.05, 0.1) is 18.1 Å². The lowest BCUT2D eigenvalue weighted by atomic mass is 10.1. The number of nitrogens with one attached hydrogen (secondary N) is 1. The monoisotopic (exact) mass is 275 g/mol. The van der Waals surface area contributed by atoms with Crippen molar-refractivity contribution in [2.45, 2.75) is 20.3 Å². The Labute approximate surface area is 116 Å². The van der Waals surface area contributed by atoms with Gasteiger partial charge >= 0.3 is 0 Å². The number of hydrogen-bond acceptors (Lipinski definition) is 5. The summed E-state index contributed by atoms with van der Waals surface area (Å²) < 4.78 is 5.23. The van der Waals surface area contributed by atoms with Crippen LogP contribution in [0.5, 0.6) is 5.75 Å². The van der Waals surface area contributed by atoms with E-state index in [1.807, 2.05) is 19.9 Å². The van der Waals surface area contributed by atoms with Crippen LogP contribution in [0.3, 0.4) is 0 Å². The van der Waals surface area contributed by atoms with Crippen LogP contribution in [0.4, 0.5) is 11.5 Å². The van der Waals surface area contributed by atoms with Crippen LogP contribution in [0.2, 0.25) is 0 Å². The van der Waals surface area contributed by atoms with E-state index in [2.05, 4.69) is 10.3 Å². The lowest BCUT2D eigenvalue weighted by Gasteiger charge is -2.12. The molecule has 0 unspecified atom stereocenters. The van der Waals surface area contributed by atoms with Crippen LogP contribution in [0, 0.1) is 10.1 Å². The number of pyridine rings is 1. The minimum absolute atomic E-state index is 0.00871. The number of benzene rings is 1. The van der Waals surface area contributed by atoms with Crippen LogP contribution in [0.15, 0.2) is 18.2 Å². The maximum absolute atomic E-state index is 11.0. The molecule has 6 heteroatoms. The highest BCUT2D eigenvalue weighted by molar-refractivity contribution is 5.89. The van der Waals surface area contributed by atoms with Crippen molar-refractivity contribution in [3.05, 3.63) is 33.9 Å². The van der Waals surface area contributed by atoms with E-state index in [0.717, 1.165) is 29.7 Å². The van der Waals surface area contributed by atoms with Gasteiger partial charge < -0.3 is 10.1 Å². The number of rotatable bonds is 5. The first-order chi connectivity index (χ1) is 9.60. The van der Waals surface area contributed by atoms with Crippen molar-refractivity contribution < 1.29 is 9.66 Å². The summed E-state index contributed by atoms with van der Waals surface area (Å²) in [5.41, 5.74) is 1.67. The average Bonchev–Trinajstić information content (AvgIpc) is 2.45. The van der Waals surface area contributed by atoms with Gasteiger partial charge in [-0.3, -0.25) is 10.1 Å². The number of nitro groups is 1. The molecule has 1 aromatic carbocycles. The number of aromatic nitrogens is 1. The normalized spacial score (nSPS) is 10.6. The van der Waals surface area contributed by atoms with E-state index in [4.69, 9.17) is 4.74 Å². The first-order valence-electron chi connectivity index (χ1n) is 6.50. The second-order valence-electron chi connectivity index (χ2n) is 4.36. The Morgan fingerprint density at radius 2 is 2.10 bits per heavy atom. The molecule has 0 aliphatic rings. The van der Waals surface area contributed by atoms with Crippen molar-refractivity contribution in [1.82, 2.24) is 4.98 Å². The molecule has 1 N–H and O–H groups in total. The minimum Gasteiger partial charge on any atom is -0.494 e. The third-order valence-corrected chi connectivity index (χ3v) is 3.10. The number of nitrogens with zero attached hydrogens (tertiary/aromatic N) is 2. The zero-order valence-electron chi connectivity index (χ0n) is 11.8. The van der Waals surface area contributed by atoms with Crippen LogP contribution >= 0.6 is 0 Å². The Morgan fingerprint density at radius 1 is 1.35 bits per heavy atom. The molecule has 0 aliphatic heterocycles. The van der Waals surface area contributed by atoms with Crippen molar-refractivity contribution in [2.75, 3.05) is 19.0 Å². The van der Waals surface area contributed by atoms with Gasteiger partial charge in [0, 0.05) is 18.0 Å². The molecular formula is C14H17N3O3. The van der Waals surface area contributed by atoms with E-state index in [-0.39, 0.29) is 5.69 Å². The van der Waals surface area contributed by atoms with Crippen molar-refractivity contribution >= 4 is 22.4 Å². The van der Waals surface area contributed by atoms with E-state index in [1.54, 1.807) is 0 Å². The van der Waals surface area contributed by atoms with E-state index in [9.17, 15) is 10.1 Å². The largest absolute Gasteiger partial charge is 0.494 e. The van der Waals surface area contributed by atoms with Gasteiger partial charge in [-0.15, -0.1) is 0 Å². The minimum atomic E-state index is -0.425. The number of anilines is 1. The SMILES string of the molecule is CCNc1nc2c(OC)cc([N+](=O)[O-])cc2cc1CC. The first kappa shape index (κ1) is 14.0. The van der Waals surface area contributed by atoms with Crippen molar-refractivity contribution in [2.24, 2.45) is 0 Å². The summed E-state index contributed by atoms with van der Waals surface area (Å²) in [5.74, 6) is 1.21. The molecule has 0 saturated carbocycles. The van der Waals surface area contributed by atoms with Gasteiger partial charge in [-0.1, -0.05) is 6.92 Å². The second kappa shape index (κ2) is 5.73. The van der Waals surface area contributed by atoms with E-state index in [1.165, 1.54) is 19.2 Å². The summed E-state index contributed by atoms with van der Waals surface area (Å²) >= 11 is 0. The molecule has 6 nitrogen and oxygen atoms in total. The highest BCUT2D eigenvalue weighted by atomic mass is 16.6. The molecule has 0 fully saturated rings. The molecule has 0 amide bonds. The fourth-order valence-corrected chi connectivity index (χ4v) is 2.13. The molecular weight excluding hydrogens is 258 g/mol. The molecule has 0 saturated heterocycles. The standard InChI is InChI=1S/C14H17N3O3/c1-4-9-6-10-7-11(17(18)19)8-12(20-3)13(10)16-14(9)15-5-2/h6-8H,4-5H2,1-3H3,(H,15,16). The maximum atomic E-state index is 11.0. The van der Waals surface area contributed by atoms with Gasteiger partial charge in [-0.25, -0.2) is 4.98 Å². The van der Waals surface area contributed by atoms with E-state index >= 15 is 0 Å². The van der Waals surface area contributed by atoms with Crippen molar-refractivity contribution in [1.29, 1.82) is 0 Å². The van der Waals surface area contributed by atoms with Crippen LogP contribution in [-0.2, 0) is 6.42 Å². The number of methoxy groups -OCH3 is 1. The fraction of sp³-hybridized carbons (Fsp3) is 0.357. The smallest absolute Gasteiger partial charge is 0.273 e. The molecule has 20 heavy (non-hydrogen) atoms. The summed E-state index contributed by atoms with van der Waals surface area (Å²) in [5, 5.41) is 14.9. The molecule has 0 radical (unpaired) electrons. The predicted octanol–water partition coefficient (Wildman–Crippen LogP) is 3.15. The molecule has 0 aliphatic carbocycles. The highest BCUT2D eigenvalue weighted by Crippen LogP contribution is 2.32. The number of ether oxygens (including phenoxy) is 1. The predicted molar refractivity (Wildman–Crippen MR) is 78.5 cm³/mol. The average molecular weight is 275 g/mol. The molecule has 1 aromatic heterocycles. The number of non-ortho nitro benzene ring substituents is 1. The summed E-state index contributed by atoms with van der Waals surface area (Å²) in [4.78, 5) is 15.1. The molecule has 0 atom stereocenters. The summed E-state index contributed by atoms with van der Waals surface area (Å²) in [6, 6.07) is 4.85. The highest BCUT2D eigenvalue weighted by Gasteiger charge is 2.15. The van der Waals surface area contributed by atoms with Gasteiger partial charge in [-0.05, 0) is 25.0 Å². The van der Waals surface area contributed by atoms with Crippen LogP contribution in [-0.4, -0.2) is 23.6 Å². The molecule has 1 heterocycles. The topological polar surface area (TPSA) is 77.3 Å². The molecule has 0 bridgehead atoms. The number of nitro benzene ring substituents is 1. The Balaban J connectivity index is 2.73. The number of hydrogen-bond donors (Lipinski definition) is 1. The zero-order valence-corrected chi connectivity index (χ0v) is 11.8. The number of aryl methyl sites for hydroxylation is 1. The van der Waals surface area contributed by atoms with Crippen LogP contribution < -0.4 is 10.1 Å². The summed E-state index contributed by atoms with van der Waals surface area (Å²) in [6.07, 6.45) is 0.802. The lowest BCUT2D eigenvalue weighted by molar-refractivity contribution is -0.384. The van der Waals surface area contributed by atoms with Crippen molar-refractivity contribution in [3.8, 4) is 5.75 Å². The Bertz CT molecular complexity index is 656. The summed E-state index contributed by atoms with van der Waals surface area (Å²) in [7, 11) is 1.49. The maximum Gasteiger partial charge on any atom is 0.273 e.